The number of hydrogen-bond donors (Lipinski definition) is 4. The molecule has 12 rings (SSSR count). The maximum atomic E-state index is 13.1. The Balaban J connectivity index is 0.000000200. The van der Waals surface area contributed by atoms with Gasteiger partial charge in [-0.15, -0.1) is 24.8 Å². The van der Waals surface area contributed by atoms with E-state index in [9.17, 15) is 53.9 Å². The molecule has 0 atom stereocenters. The zero-order valence-corrected chi connectivity index (χ0v) is 55.3. The van der Waals surface area contributed by atoms with Crippen LogP contribution in [-0.4, -0.2) is 121 Å². The monoisotopic (exact) mass is 1360 g/mol. The number of nitrogens with zero attached hydrogens (tertiary/aromatic N) is 6. The summed E-state index contributed by atoms with van der Waals surface area (Å²) < 4.78 is 122. The number of aromatic nitrogens is 6. The lowest BCUT2D eigenvalue weighted by molar-refractivity contribution is -0.191. The van der Waals surface area contributed by atoms with Crippen LogP contribution in [0.2, 0.25) is 0 Å². The standard InChI is InChI=1S/2C21H24F3N3O.C13H16F3N.C11H17N3O2.CO2.2ClH/c2*1-13-10-15(12-16(11-13)21(22,23)24)14-6-8-27(9-7-14)20(28)19-17-4-2-3-5-18(17)25-26-19;1-9-6-11(10-2-4-17-5-3-10)8-12(7-9)13(14,15)16;1-11(2,3)16-10(15)14-5-4-9-8(7-14)6-12-13-9;2-1-3;;/h2*10-12,14H,2-9H2,1H3,(H,25,26);6-8,10,17H,2-5H2,1H3;6H,4-5,7H2,1-3H3,(H,12,13);;2*1H. The Hall–Kier alpha value is -7.21. The number of aryl methyl sites for hydroxylation is 5. The van der Waals surface area contributed by atoms with Crippen LogP contribution >= 0.6 is 24.8 Å². The number of piperidine rings is 3. The molecule has 3 fully saturated rings. The number of amides is 3. The Labute approximate surface area is 553 Å². The van der Waals surface area contributed by atoms with Crippen molar-refractivity contribution < 1.29 is 68.2 Å². The molecule has 0 unspecified atom stereocenters. The summed E-state index contributed by atoms with van der Waals surface area (Å²) in [6.45, 7) is 15.9. The van der Waals surface area contributed by atoms with Gasteiger partial charge in [0.05, 0.1) is 29.4 Å². The number of rotatable bonds is 5. The number of ether oxygens (including phenoxy) is 1. The van der Waals surface area contributed by atoms with Crippen LogP contribution < -0.4 is 5.32 Å². The van der Waals surface area contributed by atoms with Crippen LogP contribution in [-0.2, 0) is 71.5 Å². The molecule has 2 aliphatic carbocycles. The van der Waals surface area contributed by atoms with Crippen LogP contribution in [0.25, 0.3) is 0 Å². The Bertz CT molecular complexity index is 3390. The fraction of sp³-hybridized carbons (Fsp3) is 0.537. The van der Waals surface area contributed by atoms with Gasteiger partial charge in [-0.3, -0.25) is 24.9 Å². The second-order valence-electron chi connectivity index (χ2n) is 25.6. The van der Waals surface area contributed by atoms with E-state index in [0.717, 1.165) is 134 Å². The lowest BCUT2D eigenvalue weighted by atomic mass is 9.87. The molecule has 94 heavy (non-hydrogen) atoms. The smallest absolute Gasteiger partial charge is 0.416 e. The highest BCUT2D eigenvalue weighted by Crippen LogP contribution is 2.39. The summed E-state index contributed by atoms with van der Waals surface area (Å²) in [5.74, 6) is 0.227. The van der Waals surface area contributed by atoms with Gasteiger partial charge in [-0.05, 0) is 215 Å². The molecular weight excluding hydrogens is 1280 g/mol. The van der Waals surface area contributed by atoms with E-state index in [1.54, 1.807) is 41.7 Å². The Morgan fingerprint density at radius 2 is 0.872 bits per heavy atom. The zero-order chi connectivity index (χ0) is 66.7. The van der Waals surface area contributed by atoms with Gasteiger partial charge in [0.15, 0.2) is 11.4 Å². The summed E-state index contributed by atoms with van der Waals surface area (Å²) in [5, 5.41) is 24.7. The van der Waals surface area contributed by atoms with Gasteiger partial charge < -0.3 is 24.8 Å². The number of alkyl halides is 9. The molecule has 4 aliphatic heterocycles. The molecule has 0 spiro atoms. The van der Waals surface area contributed by atoms with Gasteiger partial charge in [0.2, 0.25) is 0 Å². The van der Waals surface area contributed by atoms with Crippen LogP contribution in [0.4, 0.5) is 44.3 Å². The number of halogens is 11. The molecule has 27 heteroatoms. The van der Waals surface area contributed by atoms with Gasteiger partial charge in [0, 0.05) is 72.9 Å². The minimum absolute atomic E-state index is 0. The molecule has 3 amide bonds. The lowest BCUT2D eigenvalue weighted by Crippen LogP contribution is -2.39. The van der Waals surface area contributed by atoms with Gasteiger partial charge in [0.1, 0.15) is 5.60 Å². The average Bonchev–Trinajstić information content (AvgIpc) is 1.57. The third-order valence-electron chi connectivity index (χ3n) is 17.6. The largest absolute Gasteiger partial charge is 0.444 e. The van der Waals surface area contributed by atoms with E-state index in [2.05, 4.69) is 35.9 Å². The molecule has 4 N–H and O–H groups in total. The third kappa shape index (κ3) is 20.4. The number of benzene rings is 3. The van der Waals surface area contributed by atoms with Crippen LogP contribution in [0.5, 0.6) is 0 Å². The van der Waals surface area contributed by atoms with Crippen molar-refractivity contribution in [3.05, 3.63) is 156 Å². The number of carbonyl (C=O) groups is 3. The van der Waals surface area contributed by atoms with E-state index in [-0.39, 0.29) is 66.6 Å². The van der Waals surface area contributed by atoms with E-state index in [1.165, 1.54) is 36.4 Å². The molecule has 0 bridgehead atoms. The van der Waals surface area contributed by atoms with E-state index in [1.807, 2.05) is 39.0 Å². The Morgan fingerprint density at radius 1 is 0.500 bits per heavy atom. The van der Waals surface area contributed by atoms with Gasteiger partial charge in [-0.25, -0.2) is 4.79 Å². The van der Waals surface area contributed by atoms with Crippen LogP contribution in [0.15, 0.2) is 60.8 Å². The molecule has 3 aromatic heterocycles. The molecular formula is C67H83Cl2F9N10O6. The molecule has 514 valence electrons. The van der Waals surface area contributed by atoms with Crippen molar-refractivity contribution in [1.29, 1.82) is 0 Å². The molecule has 7 heterocycles. The number of hydrogen-bond acceptors (Lipinski definition) is 10. The summed E-state index contributed by atoms with van der Waals surface area (Å²) in [7, 11) is 0. The van der Waals surface area contributed by atoms with Gasteiger partial charge in [-0.2, -0.15) is 64.4 Å². The normalized spacial score (nSPS) is 16.9. The molecule has 0 radical (unpaired) electrons. The number of carbonyl (C=O) groups excluding carboxylic acids is 5. The molecule has 16 nitrogen and oxygen atoms in total. The first-order chi connectivity index (χ1) is 43.5. The topological polar surface area (TPSA) is 202 Å². The van der Waals surface area contributed by atoms with Crippen LogP contribution in [0, 0.1) is 20.8 Å². The summed E-state index contributed by atoms with van der Waals surface area (Å²) in [6.07, 6.45) is 2.18. The third-order valence-corrected chi connectivity index (χ3v) is 17.6. The number of aromatic amines is 3. The fourth-order valence-electron chi connectivity index (χ4n) is 12.9. The second-order valence-corrected chi connectivity index (χ2v) is 25.6. The highest BCUT2D eigenvalue weighted by atomic mass is 35.5. The van der Waals surface area contributed by atoms with Crippen molar-refractivity contribution in [1.82, 2.24) is 50.6 Å². The molecule has 3 saturated heterocycles. The van der Waals surface area contributed by atoms with Crippen molar-refractivity contribution in [3.63, 3.8) is 0 Å². The highest BCUT2D eigenvalue weighted by molar-refractivity contribution is 5.95. The Morgan fingerprint density at radius 3 is 1.24 bits per heavy atom. The molecule has 6 aromatic rings. The van der Waals surface area contributed by atoms with Crippen LogP contribution in [0.1, 0.15) is 208 Å². The Kier molecular flexibility index (Phi) is 26.6. The number of H-pyrrole nitrogens is 3. The van der Waals surface area contributed by atoms with Gasteiger partial charge in [0.25, 0.3) is 11.8 Å². The van der Waals surface area contributed by atoms with E-state index >= 15 is 0 Å². The van der Waals surface area contributed by atoms with E-state index in [4.69, 9.17) is 14.3 Å². The van der Waals surface area contributed by atoms with Crippen molar-refractivity contribution in [2.24, 2.45) is 0 Å². The summed E-state index contributed by atoms with van der Waals surface area (Å²) >= 11 is 0. The van der Waals surface area contributed by atoms with Crippen molar-refractivity contribution in [2.45, 2.75) is 186 Å². The molecule has 0 saturated carbocycles. The fourth-order valence-corrected chi connectivity index (χ4v) is 12.9. The second kappa shape index (κ2) is 33.0. The van der Waals surface area contributed by atoms with Crippen molar-refractivity contribution in [3.8, 4) is 0 Å². The predicted molar refractivity (Wildman–Crippen MR) is 338 cm³/mol. The maximum Gasteiger partial charge on any atom is 0.416 e. The quantitative estimate of drug-likeness (QED) is 0.120. The minimum Gasteiger partial charge on any atom is -0.444 e. The summed E-state index contributed by atoms with van der Waals surface area (Å²) in [5.41, 5.74) is 9.56. The summed E-state index contributed by atoms with van der Waals surface area (Å²) in [4.78, 5) is 59.2. The molecule has 6 aliphatic rings. The number of nitrogens with one attached hydrogen (secondary N) is 4. The van der Waals surface area contributed by atoms with Gasteiger partial charge in [-0.1, -0.05) is 34.9 Å². The summed E-state index contributed by atoms with van der Waals surface area (Å²) in [6, 6.07) is 13.0. The maximum absolute atomic E-state index is 13.1. The van der Waals surface area contributed by atoms with Crippen molar-refractivity contribution in [2.75, 3.05) is 45.8 Å². The van der Waals surface area contributed by atoms with Crippen molar-refractivity contribution >= 4 is 48.9 Å². The zero-order valence-electron chi connectivity index (χ0n) is 53.6. The van der Waals surface area contributed by atoms with E-state index < -0.39 is 40.8 Å². The predicted octanol–water partition coefficient (Wildman–Crippen LogP) is 14.7. The first-order valence-electron chi connectivity index (χ1n) is 31.5. The first kappa shape index (κ1) is 75.8. The van der Waals surface area contributed by atoms with E-state index in [0.29, 0.717) is 93.0 Å². The minimum atomic E-state index is -4.34. The highest BCUT2D eigenvalue weighted by Gasteiger charge is 2.37. The lowest BCUT2D eigenvalue weighted by Gasteiger charge is -2.32. The average molecular weight is 1370 g/mol. The van der Waals surface area contributed by atoms with Gasteiger partial charge >= 0.3 is 30.8 Å². The molecule has 3 aromatic carbocycles. The first-order valence-corrected chi connectivity index (χ1v) is 31.5. The number of likely N-dealkylation sites (tertiary alicyclic amines) is 2. The number of fused-ring (bicyclic) bond motifs is 3. The SMILES string of the molecule is CC(C)(C)OC(=O)N1CCc2[nH]ncc2C1.Cc1cc(C2CCN(C(=O)c3n[nH]c4c3CCCC4)CC2)cc(C(F)(F)F)c1.Cc1cc(C2CCN(C(=O)c3n[nH]c4c3CCCC4)CC2)cc(C(F)(F)F)c1.Cc1cc(C2CCNCC2)cc(C(F)(F)F)c1.Cl.Cl.O=C=O. The van der Waals surface area contributed by atoms with Crippen LogP contribution in [0.3, 0.4) is 0 Å².